The second-order valence-corrected chi connectivity index (χ2v) is 6.96. The molecule has 0 aromatic carbocycles. The van der Waals surface area contributed by atoms with E-state index in [1.807, 2.05) is 0 Å². The smallest absolute Gasteiger partial charge is 0.493 e. The molecule has 1 aliphatic heterocycles. The largest absolute Gasteiger partial charge is 0.573 e. The number of halogens is 4. The van der Waals surface area contributed by atoms with Crippen molar-refractivity contribution in [2.45, 2.75) is 26.1 Å². The Hall–Kier alpha value is -2.95. The van der Waals surface area contributed by atoms with Gasteiger partial charge in [-0.25, -0.2) is 4.39 Å². The number of carbonyl (C=O) groups is 2. The molecule has 0 radical (unpaired) electrons. The number of Topliss-reactive ketones (excluding diaryl/α,β-unsaturated/α-hetero) is 1. The second kappa shape index (κ2) is 7.47. The first-order chi connectivity index (χ1) is 13.5. The van der Waals surface area contributed by atoms with E-state index in [1.165, 1.54) is 6.92 Å². The fourth-order valence-corrected chi connectivity index (χ4v) is 3.88. The Labute approximate surface area is 165 Å². The molecule has 2 heterocycles. The monoisotopic (exact) mass is 431 g/mol. The molecule has 1 aromatic heterocycles. The molecule has 0 bridgehead atoms. The van der Waals surface area contributed by atoms with Crippen molar-refractivity contribution >= 4 is 28.8 Å². The van der Waals surface area contributed by atoms with Gasteiger partial charge in [-0.1, -0.05) is 0 Å². The van der Waals surface area contributed by atoms with E-state index in [9.17, 15) is 32.3 Å². The number of nitrogens with zero attached hydrogens (tertiary/aromatic N) is 1. The fraction of sp³-hybridized carbons (Fsp3) is 0.278. The molecule has 1 N–H and O–H groups in total. The van der Waals surface area contributed by atoms with Gasteiger partial charge in [0, 0.05) is 34.7 Å². The maximum atomic E-state index is 14.5. The summed E-state index contributed by atoms with van der Waals surface area (Å²) in [4.78, 5) is 28.5. The minimum absolute atomic E-state index is 0.137. The Kier molecular flexibility index (Phi) is 5.35. The van der Waals surface area contributed by atoms with Gasteiger partial charge in [0.2, 0.25) is 0 Å². The highest BCUT2D eigenvalue weighted by atomic mass is 32.1. The number of alkyl halides is 3. The summed E-state index contributed by atoms with van der Waals surface area (Å²) in [6, 6.07) is 0.882. The highest BCUT2D eigenvalue weighted by Crippen LogP contribution is 2.42. The van der Waals surface area contributed by atoms with Gasteiger partial charge in [-0.15, -0.1) is 24.5 Å². The van der Waals surface area contributed by atoms with Crippen LogP contribution >= 0.6 is 11.3 Å². The fourth-order valence-electron chi connectivity index (χ4n) is 3.12. The van der Waals surface area contributed by atoms with E-state index in [4.69, 9.17) is 4.74 Å². The summed E-state index contributed by atoms with van der Waals surface area (Å²) in [5.41, 5.74) is 0.387. The molecule has 11 heteroatoms. The van der Waals surface area contributed by atoms with Crippen LogP contribution in [0.1, 0.15) is 30.1 Å². The summed E-state index contributed by atoms with van der Waals surface area (Å²) >= 11 is 0.543. The Morgan fingerprint density at radius 2 is 2.03 bits per heavy atom. The number of aliphatic carboxylic acids is 1. The maximum absolute atomic E-state index is 14.5. The normalized spacial score (nSPS) is 16.8. The van der Waals surface area contributed by atoms with Crippen molar-refractivity contribution in [3.8, 4) is 5.06 Å². The van der Waals surface area contributed by atoms with Crippen LogP contribution < -0.4 is 4.74 Å². The van der Waals surface area contributed by atoms with Crippen LogP contribution in [0.2, 0.25) is 0 Å². The molecule has 1 aromatic rings. The molecule has 0 unspecified atom stereocenters. The van der Waals surface area contributed by atoms with E-state index in [-0.39, 0.29) is 34.4 Å². The number of aliphatic imine (C=N–C) groups is 1. The molecule has 0 amide bonds. The van der Waals surface area contributed by atoms with E-state index >= 15 is 0 Å². The molecule has 0 atom stereocenters. The third kappa shape index (κ3) is 4.09. The zero-order valence-corrected chi connectivity index (χ0v) is 15.8. The second-order valence-electron chi connectivity index (χ2n) is 6.09. The first-order valence-electron chi connectivity index (χ1n) is 8.08. The predicted molar refractivity (Wildman–Crippen MR) is 94.5 cm³/mol. The number of thiophene rings is 1. The molecule has 1 aliphatic carbocycles. The van der Waals surface area contributed by atoms with Gasteiger partial charge >= 0.3 is 12.3 Å². The molecule has 154 valence electrons. The van der Waals surface area contributed by atoms with E-state index in [0.717, 1.165) is 18.6 Å². The molecule has 0 spiro atoms. The van der Waals surface area contributed by atoms with Crippen LogP contribution in [0.15, 0.2) is 50.4 Å². The van der Waals surface area contributed by atoms with Crippen molar-refractivity contribution in [3.63, 3.8) is 0 Å². The first-order valence-corrected chi connectivity index (χ1v) is 8.96. The zero-order valence-electron chi connectivity index (χ0n) is 15.0. The van der Waals surface area contributed by atoms with Gasteiger partial charge in [-0.3, -0.25) is 14.6 Å². The van der Waals surface area contributed by atoms with Gasteiger partial charge in [0.15, 0.2) is 16.6 Å². The van der Waals surface area contributed by atoms with Gasteiger partial charge in [0.05, 0.1) is 24.8 Å². The summed E-state index contributed by atoms with van der Waals surface area (Å²) in [5, 5.41) is 9.75. The number of methoxy groups -OCH3 is 1. The van der Waals surface area contributed by atoms with Crippen LogP contribution in [0.5, 0.6) is 5.06 Å². The van der Waals surface area contributed by atoms with Crippen LogP contribution in [0.3, 0.4) is 0 Å². The van der Waals surface area contributed by atoms with E-state index in [0.29, 0.717) is 17.0 Å². The standard InChI is InChI=1S/C18H13F4NO5S/c1-7-9(4-12(24)25)14-11(23-7)5-10(19)17(27-2)15(14)16(26)8-3-13(29-6-8)28-18(20,21)22/h3,6H,4-5H2,1-2H3,(H,24,25). The van der Waals surface area contributed by atoms with Crippen molar-refractivity contribution in [2.75, 3.05) is 7.11 Å². The molecule has 2 aliphatic rings. The number of carboxylic acid groups (broad SMARTS) is 1. The number of ketones is 1. The number of carboxylic acids is 1. The van der Waals surface area contributed by atoms with Gasteiger partial charge < -0.3 is 14.6 Å². The van der Waals surface area contributed by atoms with Crippen molar-refractivity contribution in [3.05, 3.63) is 51.0 Å². The molecule has 29 heavy (non-hydrogen) atoms. The zero-order chi connectivity index (χ0) is 21.5. The minimum Gasteiger partial charge on any atom is -0.493 e. The lowest BCUT2D eigenvalue weighted by molar-refractivity contribution is -0.273. The van der Waals surface area contributed by atoms with Gasteiger partial charge in [-0.2, -0.15) is 0 Å². The molecule has 6 nitrogen and oxygen atoms in total. The van der Waals surface area contributed by atoms with Crippen LogP contribution in [-0.4, -0.2) is 36.0 Å². The number of hydrogen-bond donors (Lipinski definition) is 1. The third-order valence-corrected chi connectivity index (χ3v) is 4.99. The first kappa shape index (κ1) is 20.8. The Bertz CT molecular complexity index is 1030. The molecular weight excluding hydrogens is 418 g/mol. The van der Waals surface area contributed by atoms with Gasteiger partial charge in [-0.05, 0) is 12.5 Å². The summed E-state index contributed by atoms with van der Waals surface area (Å²) in [5.74, 6) is -3.19. The lowest BCUT2D eigenvalue weighted by Gasteiger charge is -2.21. The van der Waals surface area contributed by atoms with Crippen LogP contribution in [0.4, 0.5) is 17.6 Å². The highest BCUT2D eigenvalue weighted by molar-refractivity contribution is 7.12. The van der Waals surface area contributed by atoms with Crippen LogP contribution in [0.25, 0.3) is 0 Å². The van der Waals surface area contributed by atoms with Gasteiger partial charge in [0.1, 0.15) is 5.83 Å². The Morgan fingerprint density at radius 1 is 1.34 bits per heavy atom. The van der Waals surface area contributed by atoms with Crippen molar-refractivity contribution in [2.24, 2.45) is 4.99 Å². The van der Waals surface area contributed by atoms with Crippen molar-refractivity contribution < 1.29 is 41.7 Å². The summed E-state index contributed by atoms with van der Waals surface area (Å²) in [6.07, 6.45) is -5.68. The molecule has 0 saturated carbocycles. The van der Waals surface area contributed by atoms with Crippen LogP contribution in [-0.2, 0) is 9.53 Å². The highest BCUT2D eigenvalue weighted by Gasteiger charge is 2.38. The minimum atomic E-state index is -4.93. The number of ether oxygens (including phenoxy) is 2. The topological polar surface area (TPSA) is 85.2 Å². The Morgan fingerprint density at radius 3 is 2.62 bits per heavy atom. The third-order valence-electron chi connectivity index (χ3n) is 4.19. The predicted octanol–water partition coefficient (Wildman–Crippen LogP) is 4.56. The summed E-state index contributed by atoms with van der Waals surface area (Å²) in [7, 11) is 1.14. The molecule has 0 saturated heterocycles. The SMILES string of the molecule is COC1=C(F)CC2=NC(C)=C(CC(=O)O)C2=C1C(=O)c1csc(OC(F)(F)F)c1. The number of allylic oxidation sites excluding steroid dienone is 4. The summed E-state index contributed by atoms with van der Waals surface area (Å²) < 4.78 is 60.6. The van der Waals surface area contributed by atoms with E-state index in [1.54, 1.807) is 0 Å². The quantitative estimate of drug-likeness (QED) is 0.527. The van der Waals surface area contributed by atoms with Crippen LogP contribution in [0, 0.1) is 0 Å². The summed E-state index contributed by atoms with van der Waals surface area (Å²) in [6.45, 7) is 1.53. The number of rotatable bonds is 6. The van der Waals surface area contributed by atoms with Crippen molar-refractivity contribution in [1.82, 2.24) is 0 Å². The van der Waals surface area contributed by atoms with Gasteiger partial charge in [0.25, 0.3) is 0 Å². The number of hydrogen-bond acceptors (Lipinski definition) is 6. The molecule has 3 rings (SSSR count). The van der Waals surface area contributed by atoms with E-state index in [2.05, 4.69) is 9.73 Å². The maximum Gasteiger partial charge on any atom is 0.573 e. The lowest BCUT2D eigenvalue weighted by atomic mass is 9.85. The number of carbonyl (C=O) groups excluding carboxylic acids is 1. The average Bonchev–Trinajstić information content (AvgIpc) is 3.16. The average molecular weight is 431 g/mol. The lowest BCUT2D eigenvalue weighted by Crippen LogP contribution is -2.21. The Balaban J connectivity index is 2.12. The van der Waals surface area contributed by atoms with E-state index < -0.39 is 41.2 Å². The molecular formula is C18H13F4NO5S. The number of fused-ring (bicyclic) bond motifs is 1. The van der Waals surface area contributed by atoms with Crippen molar-refractivity contribution in [1.29, 1.82) is 0 Å². The molecule has 0 fully saturated rings.